The molecule has 0 radical (unpaired) electrons. The summed E-state index contributed by atoms with van der Waals surface area (Å²) in [4.78, 5) is 4.27. The van der Waals surface area contributed by atoms with E-state index in [2.05, 4.69) is 58.5 Å². The molecule has 0 aliphatic rings. The van der Waals surface area contributed by atoms with E-state index in [9.17, 15) is 0 Å². The van der Waals surface area contributed by atoms with Crippen molar-refractivity contribution in [2.75, 3.05) is 0 Å². The van der Waals surface area contributed by atoms with Gasteiger partial charge in [0, 0.05) is 23.8 Å². The van der Waals surface area contributed by atoms with Crippen molar-refractivity contribution in [2.24, 2.45) is 0 Å². The van der Waals surface area contributed by atoms with Gasteiger partial charge < -0.3 is 4.57 Å². The molecule has 15 heavy (non-hydrogen) atoms. The van der Waals surface area contributed by atoms with Gasteiger partial charge in [0.15, 0.2) is 0 Å². The highest BCUT2D eigenvalue weighted by molar-refractivity contribution is 9.10. The molecular formula is C12H15BrN2. The molecule has 2 aromatic heterocycles. The molecule has 0 saturated heterocycles. The first-order chi connectivity index (χ1) is 7.13. The van der Waals surface area contributed by atoms with Gasteiger partial charge in [0.25, 0.3) is 0 Å². The molecule has 2 aromatic rings. The van der Waals surface area contributed by atoms with E-state index in [0.717, 1.165) is 11.0 Å². The van der Waals surface area contributed by atoms with Gasteiger partial charge in [-0.25, -0.2) is 4.98 Å². The van der Waals surface area contributed by atoms with Gasteiger partial charge in [-0.15, -0.1) is 0 Å². The van der Waals surface area contributed by atoms with E-state index in [1.165, 1.54) is 16.5 Å². The number of halogens is 1. The first-order valence-electron chi connectivity index (χ1n) is 5.26. The highest BCUT2D eigenvalue weighted by Gasteiger charge is 2.10. The lowest BCUT2D eigenvalue weighted by Gasteiger charge is -2.12. The summed E-state index contributed by atoms with van der Waals surface area (Å²) in [5.74, 6) is 0. The van der Waals surface area contributed by atoms with Crippen LogP contribution < -0.4 is 0 Å². The average Bonchev–Trinajstić information content (AvgIpc) is 2.54. The van der Waals surface area contributed by atoms with E-state index in [1.54, 1.807) is 0 Å². The first-order valence-corrected chi connectivity index (χ1v) is 6.05. The summed E-state index contributed by atoms with van der Waals surface area (Å²) < 4.78 is 3.23. The van der Waals surface area contributed by atoms with Crippen molar-refractivity contribution in [2.45, 2.75) is 33.2 Å². The van der Waals surface area contributed by atoms with Crippen LogP contribution in [0.5, 0.6) is 0 Å². The van der Waals surface area contributed by atoms with Gasteiger partial charge in [0.1, 0.15) is 4.60 Å². The Labute approximate surface area is 98.4 Å². The highest BCUT2D eigenvalue weighted by atomic mass is 79.9. The molecule has 0 spiro atoms. The van der Waals surface area contributed by atoms with Crippen LogP contribution in [0, 0.1) is 6.92 Å². The third kappa shape index (κ3) is 1.81. The maximum absolute atomic E-state index is 4.27. The summed E-state index contributed by atoms with van der Waals surface area (Å²) in [5.41, 5.74) is 2.56. The van der Waals surface area contributed by atoms with E-state index >= 15 is 0 Å². The molecule has 80 valence electrons. The second-order valence-corrected chi connectivity index (χ2v) is 4.81. The minimum Gasteiger partial charge on any atom is -0.344 e. The minimum atomic E-state index is 0.537. The van der Waals surface area contributed by atoms with Crippen LogP contribution >= 0.6 is 15.9 Å². The van der Waals surface area contributed by atoms with Gasteiger partial charge in [-0.1, -0.05) is 6.92 Å². The van der Waals surface area contributed by atoms with Gasteiger partial charge in [0.05, 0.1) is 5.52 Å². The largest absolute Gasteiger partial charge is 0.344 e. The van der Waals surface area contributed by atoms with Gasteiger partial charge >= 0.3 is 0 Å². The molecule has 0 bridgehead atoms. The summed E-state index contributed by atoms with van der Waals surface area (Å²) in [6.07, 6.45) is 5.30. The summed E-state index contributed by atoms with van der Waals surface area (Å²) >= 11 is 3.42. The number of fused-ring (bicyclic) bond motifs is 1. The normalized spacial score (nSPS) is 13.3. The van der Waals surface area contributed by atoms with Crippen LogP contribution in [0.25, 0.3) is 10.9 Å². The quantitative estimate of drug-likeness (QED) is 0.750. The Morgan fingerprint density at radius 1 is 1.53 bits per heavy atom. The number of rotatable bonds is 2. The second kappa shape index (κ2) is 3.97. The number of hydrogen-bond donors (Lipinski definition) is 0. The monoisotopic (exact) mass is 266 g/mol. The van der Waals surface area contributed by atoms with E-state index in [4.69, 9.17) is 0 Å². The Morgan fingerprint density at radius 3 is 2.93 bits per heavy atom. The smallest absolute Gasteiger partial charge is 0.108 e. The Hall–Kier alpha value is -0.830. The van der Waals surface area contributed by atoms with E-state index in [-0.39, 0.29) is 0 Å². The molecule has 1 atom stereocenters. The maximum Gasteiger partial charge on any atom is 0.108 e. The molecule has 0 aromatic carbocycles. The van der Waals surface area contributed by atoms with Crippen LogP contribution in [0.4, 0.5) is 0 Å². The highest BCUT2D eigenvalue weighted by Crippen LogP contribution is 2.26. The molecule has 1 unspecified atom stereocenters. The van der Waals surface area contributed by atoms with E-state index < -0.39 is 0 Å². The molecule has 0 saturated carbocycles. The fourth-order valence-electron chi connectivity index (χ4n) is 1.85. The van der Waals surface area contributed by atoms with Crippen LogP contribution in [0.3, 0.4) is 0 Å². The molecule has 2 rings (SSSR count). The molecule has 2 heterocycles. The van der Waals surface area contributed by atoms with Gasteiger partial charge in [-0.05, 0) is 47.8 Å². The summed E-state index contributed by atoms with van der Waals surface area (Å²) in [6.45, 7) is 6.59. The van der Waals surface area contributed by atoms with Crippen molar-refractivity contribution in [1.82, 2.24) is 9.55 Å². The third-order valence-electron chi connectivity index (χ3n) is 2.95. The van der Waals surface area contributed by atoms with Crippen molar-refractivity contribution in [3.05, 3.63) is 28.6 Å². The Morgan fingerprint density at radius 2 is 2.27 bits per heavy atom. The third-order valence-corrected chi connectivity index (χ3v) is 3.38. The lowest BCUT2D eigenvalue weighted by molar-refractivity contribution is 0.547. The summed E-state index contributed by atoms with van der Waals surface area (Å²) in [7, 11) is 0. The number of nitrogens with zero attached hydrogens (tertiary/aromatic N) is 2. The molecule has 0 N–H and O–H groups in total. The van der Waals surface area contributed by atoms with Crippen LogP contribution in [-0.2, 0) is 0 Å². The molecule has 0 fully saturated rings. The lowest BCUT2D eigenvalue weighted by atomic mass is 10.2. The van der Waals surface area contributed by atoms with Crippen LogP contribution in [0.1, 0.15) is 31.9 Å². The maximum atomic E-state index is 4.27. The van der Waals surface area contributed by atoms with Crippen molar-refractivity contribution in [1.29, 1.82) is 0 Å². The molecular weight excluding hydrogens is 252 g/mol. The predicted molar refractivity (Wildman–Crippen MR) is 67.2 cm³/mol. The minimum absolute atomic E-state index is 0.537. The number of aromatic nitrogens is 2. The second-order valence-electron chi connectivity index (χ2n) is 4.00. The lowest BCUT2D eigenvalue weighted by Crippen LogP contribution is -2.01. The summed E-state index contributed by atoms with van der Waals surface area (Å²) in [5, 5.41) is 1.25. The van der Waals surface area contributed by atoms with Crippen molar-refractivity contribution in [3.8, 4) is 0 Å². The average molecular weight is 267 g/mol. The number of hydrogen-bond acceptors (Lipinski definition) is 1. The predicted octanol–water partition coefficient (Wildman–Crippen LogP) is 4.08. The molecule has 3 heteroatoms. The van der Waals surface area contributed by atoms with Crippen molar-refractivity contribution in [3.63, 3.8) is 0 Å². The van der Waals surface area contributed by atoms with Crippen molar-refractivity contribution >= 4 is 26.8 Å². The van der Waals surface area contributed by atoms with E-state index in [1.807, 2.05) is 6.20 Å². The molecule has 0 aliphatic heterocycles. The number of pyridine rings is 1. The fourth-order valence-corrected chi connectivity index (χ4v) is 2.17. The Kier molecular flexibility index (Phi) is 2.83. The fraction of sp³-hybridized carbons (Fsp3) is 0.417. The number of aryl methyl sites for hydroxylation is 1. The topological polar surface area (TPSA) is 17.8 Å². The Bertz CT molecular complexity index is 488. The van der Waals surface area contributed by atoms with E-state index in [0.29, 0.717) is 6.04 Å². The zero-order chi connectivity index (χ0) is 11.0. The Balaban J connectivity index is 2.69. The van der Waals surface area contributed by atoms with Crippen molar-refractivity contribution < 1.29 is 0 Å². The van der Waals surface area contributed by atoms with Gasteiger partial charge in [-0.2, -0.15) is 0 Å². The molecule has 0 aliphatic carbocycles. The zero-order valence-corrected chi connectivity index (χ0v) is 10.9. The SMILES string of the molecule is CCC(C)n1cc(C)c2cnc(Br)cc21. The van der Waals surface area contributed by atoms with Gasteiger partial charge in [-0.3, -0.25) is 0 Å². The standard InChI is InChI=1S/C12H15BrN2/c1-4-9(3)15-7-8(2)10-6-14-12(13)5-11(10)15/h5-7,9H,4H2,1-3H3. The zero-order valence-electron chi connectivity index (χ0n) is 9.29. The molecule has 0 amide bonds. The summed E-state index contributed by atoms with van der Waals surface area (Å²) in [6, 6.07) is 2.63. The first kappa shape index (κ1) is 10.7. The van der Waals surface area contributed by atoms with Crippen LogP contribution in [-0.4, -0.2) is 9.55 Å². The van der Waals surface area contributed by atoms with Crippen LogP contribution in [0.15, 0.2) is 23.1 Å². The van der Waals surface area contributed by atoms with Gasteiger partial charge in [0.2, 0.25) is 0 Å². The molecule has 2 nitrogen and oxygen atoms in total. The van der Waals surface area contributed by atoms with Crippen LogP contribution in [0.2, 0.25) is 0 Å².